The van der Waals surface area contributed by atoms with E-state index in [1.54, 1.807) is 30.3 Å². The highest BCUT2D eigenvalue weighted by Crippen LogP contribution is 2.29. The Kier molecular flexibility index (Phi) is 8.46. The van der Waals surface area contributed by atoms with Crippen LogP contribution >= 0.6 is 23.2 Å². The molecule has 2 aromatic carbocycles. The molecule has 126 valence electrons. The van der Waals surface area contributed by atoms with Gasteiger partial charge in [-0.15, -0.1) is 0 Å². The highest BCUT2D eigenvalue weighted by Gasteiger charge is 2.20. The Labute approximate surface area is 148 Å². The number of phenols is 1. The van der Waals surface area contributed by atoms with Crippen LogP contribution < -0.4 is 0 Å². The molecule has 0 aliphatic rings. The van der Waals surface area contributed by atoms with Crippen LogP contribution in [-0.4, -0.2) is 10.2 Å². The summed E-state index contributed by atoms with van der Waals surface area (Å²) in [6.07, 6.45) is 4.65. The third-order valence-corrected chi connectivity index (χ3v) is 3.97. The maximum Gasteiger partial charge on any atom is 0.241 e. The van der Waals surface area contributed by atoms with Crippen LogP contribution in [-0.2, 0) is 10.9 Å². The fourth-order valence-electron chi connectivity index (χ4n) is 2.20. The molecule has 0 amide bonds. The predicted molar refractivity (Wildman–Crippen MR) is 98.1 cm³/mol. The summed E-state index contributed by atoms with van der Waals surface area (Å²) in [4.78, 5) is 0. The summed E-state index contributed by atoms with van der Waals surface area (Å²) in [7, 11) is 0. The maximum absolute atomic E-state index is 9.59. The first-order valence-corrected chi connectivity index (χ1v) is 8.55. The molecule has 0 saturated carbocycles. The zero-order valence-electron chi connectivity index (χ0n) is 13.6. The van der Waals surface area contributed by atoms with Gasteiger partial charge < -0.3 is 10.2 Å². The minimum Gasteiger partial charge on any atom is -0.508 e. The number of aliphatic hydroxyl groups is 1. The Hall–Kier alpha value is -1.22. The molecule has 0 spiro atoms. The van der Waals surface area contributed by atoms with E-state index in [0.717, 1.165) is 12.0 Å². The molecule has 0 heterocycles. The summed E-state index contributed by atoms with van der Waals surface area (Å²) in [6.45, 7) is 4.25. The van der Waals surface area contributed by atoms with Gasteiger partial charge in [-0.2, -0.15) is 0 Å². The zero-order valence-corrected chi connectivity index (χ0v) is 15.1. The summed E-state index contributed by atoms with van der Waals surface area (Å²) in [5.74, 6) is 0.455. The van der Waals surface area contributed by atoms with Gasteiger partial charge in [-0.3, -0.25) is 0 Å². The molecule has 0 bridgehead atoms. The second-order valence-corrected chi connectivity index (χ2v) is 6.72. The topological polar surface area (TPSA) is 40.5 Å². The number of aryl methyl sites for hydroxylation is 1. The van der Waals surface area contributed by atoms with Crippen LogP contribution in [0.2, 0.25) is 0 Å². The van der Waals surface area contributed by atoms with Gasteiger partial charge in [-0.05, 0) is 37.0 Å². The normalized spacial score (nSPS) is 10.8. The van der Waals surface area contributed by atoms with Crippen molar-refractivity contribution < 1.29 is 10.2 Å². The largest absolute Gasteiger partial charge is 0.508 e. The van der Waals surface area contributed by atoms with Crippen molar-refractivity contribution in [3.8, 4) is 5.75 Å². The lowest BCUT2D eigenvalue weighted by Gasteiger charge is -2.10. The second kappa shape index (κ2) is 9.82. The average molecular weight is 355 g/mol. The molecule has 2 N–H and O–H groups in total. The Morgan fingerprint density at radius 2 is 1.61 bits per heavy atom. The monoisotopic (exact) mass is 354 g/mol. The van der Waals surface area contributed by atoms with Gasteiger partial charge in [0.15, 0.2) is 0 Å². The van der Waals surface area contributed by atoms with Crippen molar-refractivity contribution >= 4 is 23.2 Å². The number of rotatable bonds is 5. The quantitative estimate of drug-likeness (QED) is 0.533. The van der Waals surface area contributed by atoms with Crippen molar-refractivity contribution in [3.63, 3.8) is 0 Å². The lowest BCUT2D eigenvalue weighted by atomic mass is 10.0. The molecule has 0 aliphatic carbocycles. The third-order valence-electron chi connectivity index (χ3n) is 3.54. The minimum atomic E-state index is -1.76. The molecule has 0 atom stereocenters. The SMILES string of the molecule is CCCCCc1c(C)cccc1O.OC(Cl)(Cl)c1ccccc1. The molecule has 2 nitrogen and oxygen atoms in total. The third kappa shape index (κ3) is 7.26. The van der Waals surface area contributed by atoms with Crippen LogP contribution in [0.3, 0.4) is 0 Å². The molecule has 0 fully saturated rings. The van der Waals surface area contributed by atoms with E-state index < -0.39 is 4.52 Å². The van der Waals surface area contributed by atoms with E-state index in [0.29, 0.717) is 11.3 Å². The number of alkyl halides is 2. The van der Waals surface area contributed by atoms with Gasteiger partial charge in [0.1, 0.15) is 5.75 Å². The number of hydrogen-bond donors (Lipinski definition) is 2. The number of halogens is 2. The molecule has 4 heteroatoms. The molecular weight excluding hydrogens is 331 g/mol. The van der Waals surface area contributed by atoms with Crippen molar-refractivity contribution in [1.29, 1.82) is 0 Å². The van der Waals surface area contributed by atoms with E-state index in [9.17, 15) is 5.11 Å². The number of aromatic hydroxyl groups is 1. The Morgan fingerprint density at radius 3 is 2.09 bits per heavy atom. The summed E-state index contributed by atoms with van der Waals surface area (Å²) >= 11 is 10.8. The maximum atomic E-state index is 9.59. The van der Waals surface area contributed by atoms with Gasteiger partial charge >= 0.3 is 0 Å². The summed E-state index contributed by atoms with van der Waals surface area (Å²) in [5.41, 5.74) is 2.81. The first-order valence-electron chi connectivity index (χ1n) is 7.79. The first-order chi connectivity index (χ1) is 10.9. The van der Waals surface area contributed by atoms with Gasteiger partial charge in [0.05, 0.1) is 0 Å². The first kappa shape index (κ1) is 19.8. The summed E-state index contributed by atoms with van der Waals surface area (Å²) in [6, 6.07) is 14.4. The summed E-state index contributed by atoms with van der Waals surface area (Å²) < 4.78 is -1.76. The van der Waals surface area contributed by atoms with E-state index in [4.69, 9.17) is 28.3 Å². The molecule has 0 radical (unpaired) electrons. The molecule has 2 rings (SSSR count). The average Bonchev–Trinajstić information content (AvgIpc) is 2.51. The Balaban J connectivity index is 0.000000238. The van der Waals surface area contributed by atoms with E-state index in [-0.39, 0.29) is 0 Å². The van der Waals surface area contributed by atoms with Crippen LogP contribution in [0.1, 0.15) is 42.9 Å². The van der Waals surface area contributed by atoms with E-state index in [1.807, 2.05) is 12.1 Å². The fourth-order valence-corrected chi connectivity index (χ4v) is 2.45. The van der Waals surface area contributed by atoms with Gasteiger partial charge in [0, 0.05) is 5.56 Å². The number of phenolic OH excluding ortho intramolecular Hbond substituents is 1. The number of hydrogen-bond acceptors (Lipinski definition) is 2. The van der Waals surface area contributed by atoms with E-state index in [2.05, 4.69) is 19.9 Å². The van der Waals surface area contributed by atoms with Crippen LogP contribution in [0.5, 0.6) is 5.75 Å². The van der Waals surface area contributed by atoms with Crippen molar-refractivity contribution in [2.24, 2.45) is 0 Å². The van der Waals surface area contributed by atoms with Crippen molar-refractivity contribution in [1.82, 2.24) is 0 Å². The van der Waals surface area contributed by atoms with Crippen LogP contribution in [0.25, 0.3) is 0 Å². The van der Waals surface area contributed by atoms with Gasteiger partial charge in [-0.1, -0.05) is 85.4 Å². The zero-order chi connectivity index (χ0) is 17.3. The highest BCUT2D eigenvalue weighted by atomic mass is 35.5. The standard InChI is InChI=1S/C12H18O.C7H6Cl2O/c1-3-4-5-8-11-10(2)7-6-9-12(11)13;8-7(9,10)6-4-2-1-3-5-6/h6-7,9,13H,3-5,8H2,1-2H3;1-5,10H. The van der Waals surface area contributed by atoms with Crippen molar-refractivity contribution in [3.05, 3.63) is 65.2 Å². The summed E-state index contributed by atoms with van der Waals surface area (Å²) in [5, 5.41) is 18.6. The number of benzene rings is 2. The smallest absolute Gasteiger partial charge is 0.241 e. The number of unbranched alkanes of at least 4 members (excludes halogenated alkanes) is 2. The second-order valence-electron chi connectivity index (χ2n) is 5.44. The fraction of sp³-hybridized carbons (Fsp3) is 0.368. The van der Waals surface area contributed by atoms with Crippen LogP contribution in [0.4, 0.5) is 0 Å². The minimum absolute atomic E-state index is 0.455. The van der Waals surface area contributed by atoms with E-state index >= 15 is 0 Å². The molecule has 0 aromatic heterocycles. The predicted octanol–water partition coefficient (Wildman–Crippen LogP) is 5.70. The van der Waals surface area contributed by atoms with Gasteiger partial charge in [-0.25, -0.2) is 0 Å². The molecule has 2 aromatic rings. The lowest BCUT2D eigenvalue weighted by molar-refractivity contribution is 0.218. The van der Waals surface area contributed by atoms with Gasteiger partial charge in [0.25, 0.3) is 0 Å². The highest BCUT2D eigenvalue weighted by molar-refractivity contribution is 6.46. The van der Waals surface area contributed by atoms with E-state index in [1.165, 1.54) is 24.8 Å². The van der Waals surface area contributed by atoms with Crippen molar-refractivity contribution in [2.75, 3.05) is 0 Å². The van der Waals surface area contributed by atoms with Crippen LogP contribution in [0, 0.1) is 6.92 Å². The molecule has 0 unspecified atom stereocenters. The molecule has 0 saturated heterocycles. The Morgan fingerprint density at radius 1 is 0.957 bits per heavy atom. The van der Waals surface area contributed by atoms with Crippen molar-refractivity contribution in [2.45, 2.75) is 44.1 Å². The Bertz CT molecular complexity index is 557. The van der Waals surface area contributed by atoms with Gasteiger partial charge in [0.2, 0.25) is 4.52 Å². The molecule has 0 aliphatic heterocycles. The molecule has 23 heavy (non-hydrogen) atoms. The van der Waals surface area contributed by atoms with Crippen LogP contribution in [0.15, 0.2) is 48.5 Å². The lowest BCUT2D eigenvalue weighted by Crippen LogP contribution is -2.07. The molecular formula is C19H24Cl2O2.